The number of rotatable bonds is 3. The molecule has 9 nitrogen and oxygen atoms in total. The first kappa shape index (κ1) is 27.8. The highest BCUT2D eigenvalue weighted by molar-refractivity contribution is 7.92. The second-order valence-electron chi connectivity index (χ2n) is 8.58. The number of carbonyl (C=O) groups is 1. The molecule has 1 saturated heterocycles. The number of aromatic nitrogens is 2. The van der Waals surface area contributed by atoms with Crippen molar-refractivity contribution in [2.24, 2.45) is 0 Å². The zero-order chi connectivity index (χ0) is 28.2. The molecule has 1 aromatic carbocycles. The number of amides is 1. The number of likely N-dealkylation sites (N-methyl/N-ethyl adjacent to an activating group) is 1. The normalized spacial score (nSPS) is 20.6. The summed E-state index contributed by atoms with van der Waals surface area (Å²) >= 11 is 2.37. The van der Waals surface area contributed by atoms with Gasteiger partial charge in [-0.2, -0.15) is 23.7 Å². The Labute approximate surface area is 219 Å². The monoisotopic (exact) mass is 579 g/mol. The molecule has 0 radical (unpaired) electrons. The average Bonchev–Trinajstić information content (AvgIpc) is 3.20. The number of nitriles is 2. The van der Waals surface area contributed by atoms with E-state index in [2.05, 4.69) is 10.4 Å². The van der Waals surface area contributed by atoms with Crippen LogP contribution in [0.3, 0.4) is 0 Å². The Hall–Kier alpha value is -3.18. The third-order valence-electron chi connectivity index (χ3n) is 6.24. The van der Waals surface area contributed by atoms with Gasteiger partial charge >= 0.3 is 11.7 Å². The molecule has 0 spiro atoms. The minimum absolute atomic E-state index is 0.107. The van der Waals surface area contributed by atoms with Crippen LogP contribution in [0.4, 0.5) is 32.2 Å². The lowest BCUT2D eigenvalue weighted by Gasteiger charge is -2.43. The van der Waals surface area contributed by atoms with Crippen LogP contribution in [0.2, 0.25) is 5.02 Å². The summed E-state index contributed by atoms with van der Waals surface area (Å²) in [5.41, 5.74) is -10.9. The molecule has 0 saturated carbocycles. The number of halogens is 7. The van der Waals surface area contributed by atoms with Gasteiger partial charge in [0.25, 0.3) is 5.91 Å². The van der Waals surface area contributed by atoms with Crippen LogP contribution in [-0.4, -0.2) is 68.8 Å². The van der Waals surface area contributed by atoms with Crippen LogP contribution < -0.4 is 5.32 Å². The van der Waals surface area contributed by atoms with E-state index in [0.29, 0.717) is 29.9 Å². The zero-order valence-corrected chi connectivity index (χ0v) is 20.8. The van der Waals surface area contributed by atoms with Crippen LogP contribution in [0, 0.1) is 22.7 Å². The van der Waals surface area contributed by atoms with E-state index in [4.69, 9.17) is 11.6 Å². The molecule has 17 heteroatoms. The number of carbonyl (C=O) groups excluding carboxylic acids is 1. The zero-order valence-electron chi connectivity index (χ0n) is 19.2. The van der Waals surface area contributed by atoms with E-state index in [1.807, 2.05) is 4.90 Å². The van der Waals surface area contributed by atoms with E-state index < -0.39 is 79.0 Å². The third-order valence-corrected chi connectivity index (χ3v) is 7.70. The van der Waals surface area contributed by atoms with Crippen molar-refractivity contribution >= 4 is 34.5 Å². The third kappa shape index (κ3) is 4.51. The lowest BCUT2D eigenvalue weighted by Crippen LogP contribution is -2.58. The molecule has 1 amide bonds. The first-order chi connectivity index (χ1) is 17.7. The molecule has 38 heavy (non-hydrogen) atoms. The number of hydrogen-bond acceptors (Lipinski definition) is 7. The molecule has 2 unspecified atom stereocenters. The second kappa shape index (κ2) is 9.53. The molecule has 2 aliphatic heterocycles. The SMILES string of the molecule is CN1CCN(C(=O)C2(CC#N)Nc3c([S+]([O-])C(F)(F)F)c(C#N)nn3-c3c(Cl)cc(C(F)(F)F)cc32)CC1. The predicted octanol–water partition coefficient (Wildman–Crippen LogP) is 3.35. The lowest BCUT2D eigenvalue weighted by atomic mass is 9.81. The van der Waals surface area contributed by atoms with Crippen molar-refractivity contribution in [1.82, 2.24) is 19.6 Å². The molecule has 1 N–H and O–H groups in total. The number of nitrogens with zero attached hydrogens (tertiary/aromatic N) is 6. The Morgan fingerprint density at radius 2 is 1.84 bits per heavy atom. The van der Waals surface area contributed by atoms with Gasteiger partial charge in [0.05, 0.1) is 28.8 Å². The van der Waals surface area contributed by atoms with Gasteiger partial charge in [-0.25, -0.2) is 4.68 Å². The van der Waals surface area contributed by atoms with Crippen LogP contribution in [0.25, 0.3) is 5.69 Å². The van der Waals surface area contributed by atoms with Gasteiger partial charge in [0.1, 0.15) is 17.2 Å². The maximum absolute atomic E-state index is 13.9. The van der Waals surface area contributed by atoms with E-state index in [0.717, 1.165) is 0 Å². The number of piperazine rings is 1. The molecule has 3 heterocycles. The number of alkyl halides is 6. The van der Waals surface area contributed by atoms with E-state index in [-0.39, 0.29) is 13.1 Å². The van der Waals surface area contributed by atoms with Gasteiger partial charge in [-0.3, -0.25) is 4.79 Å². The van der Waals surface area contributed by atoms with E-state index in [1.165, 1.54) is 11.0 Å². The number of fused-ring (bicyclic) bond motifs is 3. The fourth-order valence-corrected chi connectivity index (χ4v) is 5.50. The van der Waals surface area contributed by atoms with Crippen molar-refractivity contribution in [2.75, 3.05) is 38.5 Å². The number of nitrogens with one attached hydrogen (secondary N) is 1. The van der Waals surface area contributed by atoms with Crippen LogP contribution in [-0.2, 0) is 27.7 Å². The summed E-state index contributed by atoms with van der Waals surface area (Å²) in [5, 5.41) is 24.6. The average molecular weight is 580 g/mol. The summed E-state index contributed by atoms with van der Waals surface area (Å²) < 4.78 is 94.9. The lowest BCUT2D eigenvalue weighted by molar-refractivity contribution is -0.139. The molecular weight excluding hydrogens is 564 g/mol. The summed E-state index contributed by atoms with van der Waals surface area (Å²) in [5.74, 6) is -1.65. The van der Waals surface area contributed by atoms with Crippen LogP contribution in [0.15, 0.2) is 17.0 Å². The van der Waals surface area contributed by atoms with E-state index in [9.17, 15) is 46.2 Å². The van der Waals surface area contributed by atoms with Gasteiger partial charge in [-0.15, -0.1) is 18.3 Å². The molecule has 202 valence electrons. The second-order valence-corrected chi connectivity index (χ2v) is 10.4. The van der Waals surface area contributed by atoms with Crippen LogP contribution in [0.5, 0.6) is 0 Å². The molecule has 1 fully saturated rings. The molecule has 2 aromatic rings. The fourth-order valence-electron chi connectivity index (χ4n) is 4.39. The van der Waals surface area contributed by atoms with Crippen LogP contribution >= 0.6 is 11.6 Å². The Balaban J connectivity index is 2.07. The molecule has 2 atom stereocenters. The Bertz CT molecular complexity index is 1370. The van der Waals surface area contributed by atoms with E-state index >= 15 is 0 Å². The Kier molecular flexibility index (Phi) is 6.98. The molecular formula is C21H16ClF6N7O2S. The summed E-state index contributed by atoms with van der Waals surface area (Å²) in [4.78, 5) is 15.9. The Morgan fingerprint density at radius 1 is 1.21 bits per heavy atom. The van der Waals surface area contributed by atoms with E-state index in [1.54, 1.807) is 13.1 Å². The molecule has 4 rings (SSSR count). The topological polar surface area (TPSA) is 124 Å². The standard InChI is InChI=1S/C21H16ClF6N7O2S/c1-33-4-6-34(7-5-33)18(36)19(2-3-29)12-8-11(20(23,24)25)9-13(22)15(12)35-17(31-19)16(14(10-30)32-35)38(37)21(26,27)28/h8-9,31H,2,4-7H2,1H3. The van der Waals surface area contributed by atoms with Crippen molar-refractivity contribution in [3.63, 3.8) is 0 Å². The van der Waals surface area contributed by atoms with Gasteiger partial charge in [0.2, 0.25) is 10.6 Å². The molecule has 0 aliphatic carbocycles. The summed E-state index contributed by atoms with van der Waals surface area (Å²) in [7, 11) is 1.77. The minimum atomic E-state index is -5.36. The molecule has 0 bridgehead atoms. The van der Waals surface area contributed by atoms with Crippen molar-refractivity contribution < 1.29 is 35.7 Å². The van der Waals surface area contributed by atoms with Gasteiger partial charge in [-0.1, -0.05) is 11.6 Å². The Morgan fingerprint density at radius 3 is 2.37 bits per heavy atom. The van der Waals surface area contributed by atoms with Gasteiger partial charge < -0.3 is 19.7 Å². The first-order valence-electron chi connectivity index (χ1n) is 10.7. The summed E-state index contributed by atoms with van der Waals surface area (Å²) in [6.07, 6.45) is -5.78. The van der Waals surface area contributed by atoms with Crippen molar-refractivity contribution in [1.29, 1.82) is 10.5 Å². The van der Waals surface area contributed by atoms with Gasteiger partial charge in [0, 0.05) is 31.7 Å². The highest BCUT2D eigenvalue weighted by atomic mass is 35.5. The first-order valence-corrected chi connectivity index (χ1v) is 12.2. The molecule has 1 aromatic heterocycles. The van der Waals surface area contributed by atoms with Crippen molar-refractivity contribution in [3.05, 3.63) is 34.0 Å². The number of benzene rings is 1. The fraction of sp³-hybridized carbons (Fsp3) is 0.429. The maximum Gasteiger partial charge on any atom is 0.578 e. The summed E-state index contributed by atoms with van der Waals surface area (Å²) in [6.45, 7) is 0.974. The van der Waals surface area contributed by atoms with Gasteiger partial charge in [0.15, 0.2) is 11.4 Å². The molecule has 2 aliphatic rings. The minimum Gasteiger partial charge on any atom is -0.604 e. The highest BCUT2D eigenvalue weighted by Crippen LogP contribution is 2.49. The van der Waals surface area contributed by atoms with Crippen molar-refractivity contribution in [2.45, 2.75) is 28.5 Å². The number of hydrogen-bond donors (Lipinski definition) is 1. The largest absolute Gasteiger partial charge is 0.604 e. The smallest absolute Gasteiger partial charge is 0.578 e. The van der Waals surface area contributed by atoms with Crippen molar-refractivity contribution in [3.8, 4) is 17.8 Å². The maximum atomic E-state index is 13.9. The predicted molar refractivity (Wildman–Crippen MR) is 120 cm³/mol. The quantitative estimate of drug-likeness (QED) is 0.437. The highest BCUT2D eigenvalue weighted by Gasteiger charge is 2.56. The van der Waals surface area contributed by atoms with Gasteiger partial charge in [-0.05, 0) is 19.2 Å². The summed E-state index contributed by atoms with van der Waals surface area (Å²) in [6, 6.07) is 4.17. The number of anilines is 1. The van der Waals surface area contributed by atoms with Crippen LogP contribution in [0.1, 0.15) is 23.2 Å².